The molecular formula is C17H18BrF2N. The van der Waals surface area contributed by atoms with Crippen molar-refractivity contribution >= 4 is 15.9 Å². The van der Waals surface area contributed by atoms with E-state index in [2.05, 4.69) is 21.2 Å². The van der Waals surface area contributed by atoms with E-state index in [9.17, 15) is 8.78 Å². The first-order chi connectivity index (χ1) is 10.0. The van der Waals surface area contributed by atoms with E-state index in [1.165, 1.54) is 12.1 Å². The van der Waals surface area contributed by atoms with Crippen molar-refractivity contribution in [1.29, 1.82) is 0 Å². The molecule has 1 nitrogen and oxygen atoms in total. The number of nitrogens with one attached hydrogen (secondary N) is 1. The third-order valence-electron chi connectivity index (χ3n) is 3.40. The largest absolute Gasteiger partial charge is 0.306 e. The Bertz CT molecular complexity index is 628. The van der Waals surface area contributed by atoms with Gasteiger partial charge in [0.05, 0.1) is 6.04 Å². The second kappa shape index (κ2) is 7.14. The van der Waals surface area contributed by atoms with Gasteiger partial charge in [0, 0.05) is 10.0 Å². The molecule has 0 fully saturated rings. The van der Waals surface area contributed by atoms with Gasteiger partial charge in [0.25, 0.3) is 0 Å². The molecular weight excluding hydrogens is 336 g/mol. The van der Waals surface area contributed by atoms with Crippen LogP contribution in [0.15, 0.2) is 40.9 Å². The normalized spacial score (nSPS) is 12.4. The molecule has 0 heterocycles. The molecule has 0 saturated carbocycles. The molecule has 4 heteroatoms. The fourth-order valence-electron chi connectivity index (χ4n) is 2.22. The summed E-state index contributed by atoms with van der Waals surface area (Å²) in [5.74, 6) is -0.831. The predicted octanol–water partition coefficient (Wildman–Crippen LogP) is 5.12. The molecule has 0 amide bonds. The molecule has 2 aromatic carbocycles. The molecule has 0 spiro atoms. The van der Waals surface area contributed by atoms with Crippen molar-refractivity contribution in [2.24, 2.45) is 0 Å². The van der Waals surface area contributed by atoms with Crippen LogP contribution in [0.1, 0.15) is 36.1 Å². The van der Waals surface area contributed by atoms with Crippen LogP contribution in [0.2, 0.25) is 0 Å². The fourth-order valence-corrected chi connectivity index (χ4v) is 2.62. The van der Waals surface area contributed by atoms with Crippen LogP contribution in [0.4, 0.5) is 8.78 Å². The van der Waals surface area contributed by atoms with Gasteiger partial charge in [-0.25, -0.2) is 8.78 Å². The lowest BCUT2D eigenvalue weighted by molar-refractivity contribution is 0.535. The summed E-state index contributed by atoms with van der Waals surface area (Å²) in [6.07, 6.45) is 0.917. The SMILES string of the molecule is CCCNC(c1ccc(C)c(Br)c1)c1cc(F)ccc1F. The first-order valence-electron chi connectivity index (χ1n) is 6.97. The maximum absolute atomic E-state index is 14.1. The molecule has 21 heavy (non-hydrogen) atoms. The van der Waals surface area contributed by atoms with Crippen molar-refractivity contribution in [2.45, 2.75) is 26.3 Å². The first-order valence-corrected chi connectivity index (χ1v) is 7.76. The second-order valence-electron chi connectivity index (χ2n) is 5.06. The lowest BCUT2D eigenvalue weighted by Gasteiger charge is -2.21. The lowest BCUT2D eigenvalue weighted by atomic mass is 9.97. The van der Waals surface area contributed by atoms with Crippen LogP contribution in [-0.4, -0.2) is 6.54 Å². The molecule has 0 saturated heterocycles. The van der Waals surface area contributed by atoms with Crippen LogP contribution in [0.5, 0.6) is 0 Å². The van der Waals surface area contributed by atoms with E-state index in [0.717, 1.165) is 34.6 Å². The summed E-state index contributed by atoms with van der Waals surface area (Å²) in [6, 6.07) is 9.07. The van der Waals surface area contributed by atoms with Gasteiger partial charge in [-0.15, -0.1) is 0 Å². The van der Waals surface area contributed by atoms with Crippen LogP contribution < -0.4 is 5.32 Å². The highest BCUT2D eigenvalue weighted by molar-refractivity contribution is 9.10. The van der Waals surface area contributed by atoms with E-state index in [1.54, 1.807) is 0 Å². The molecule has 0 aromatic heterocycles. The van der Waals surface area contributed by atoms with Gasteiger partial charge in [-0.1, -0.05) is 35.0 Å². The smallest absolute Gasteiger partial charge is 0.128 e. The van der Waals surface area contributed by atoms with E-state index in [-0.39, 0.29) is 6.04 Å². The van der Waals surface area contributed by atoms with Crippen molar-refractivity contribution < 1.29 is 8.78 Å². The van der Waals surface area contributed by atoms with E-state index in [0.29, 0.717) is 5.56 Å². The Labute approximate surface area is 132 Å². The van der Waals surface area contributed by atoms with Gasteiger partial charge in [0.15, 0.2) is 0 Å². The molecule has 0 aliphatic heterocycles. The summed E-state index contributed by atoms with van der Waals surface area (Å²) in [4.78, 5) is 0. The zero-order chi connectivity index (χ0) is 15.4. The van der Waals surface area contributed by atoms with Gasteiger partial charge >= 0.3 is 0 Å². The monoisotopic (exact) mass is 353 g/mol. The molecule has 1 atom stereocenters. The Hall–Kier alpha value is -1.26. The summed E-state index contributed by atoms with van der Waals surface area (Å²) in [5, 5.41) is 3.29. The van der Waals surface area contributed by atoms with E-state index in [1.807, 2.05) is 32.0 Å². The number of hydrogen-bond donors (Lipinski definition) is 1. The van der Waals surface area contributed by atoms with E-state index >= 15 is 0 Å². The summed E-state index contributed by atoms with van der Waals surface area (Å²) in [7, 11) is 0. The second-order valence-corrected chi connectivity index (χ2v) is 5.92. The molecule has 2 aromatic rings. The number of halogens is 3. The van der Waals surface area contributed by atoms with Crippen LogP contribution in [0.25, 0.3) is 0 Å². The highest BCUT2D eigenvalue weighted by Crippen LogP contribution is 2.28. The highest BCUT2D eigenvalue weighted by atomic mass is 79.9. The van der Waals surface area contributed by atoms with E-state index < -0.39 is 11.6 Å². The van der Waals surface area contributed by atoms with Crippen molar-refractivity contribution in [3.8, 4) is 0 Å². The Kier molecular flexibility index (Phi) is 5.48. The van der Waals surface area contributed by atoms with Crippen molar-refractivity contribution in [3.05, 3.63) is 69.2 Å². The molecule has 2 rings (SSSR count). The average molecular weight is 354 g/mol. The van der Waals surface area contributed by atoms with Crippen LogP contribution in [-0.2, 0) is 0 Å². The standard InChI is InChI=1S/C17H18BrF2N/c1-3-8-21-17(12-5-4-11(2)15(18)9-12)14-10-13(19)6-7-16(14)20/h4-7,9-10,17,21H,3,8H2,1-2H3. The van der Waals surface area contributed by atoms with E-state index in [4.69, 9.17) is 0 Å². The summed E-state index contributed by atoms with van der Waals surface area (Å²) in [5.41, 5.74) is 2.34. The van der Waals surface area contributed by atoms with Gasteiger partial charge in [0.2, 0.25) is 0 Å². The fraction of sp³-hybridized carbons (Fsp3) is 0.294. The van der Waals surface area contributed by atoms with Gasteiger partial charge in [-0.05, 0) is 55.3 Å². The Morgan fingerprint density at radius 3 is 2.57 bits per heavy atom. The maximum atomic E-state index is 14.1. The molecule has 0 radical (unpaired) electrons. The first kappa shape index (κ1) is 16.1. The van der Waals surface area contributed by atoms with Gasteiger partial charge in [0.1, 0.15) is 11.6 Å². The Morgan fingerprint density at radius 2 is 1.90 bits per heavy atom. The zero-order valence-corrected chi connectivity index (χ0v) is 13.7. The summed E-state index contributed by atoms with van der Waals surface area (Å²) < 4.78 is 28.5. The number of benzene rings is 2. The maximum Gasteiger partial charge on any atom is 0.128 e. The quantitative estimate of drug-likeness (QED) is 0.785. The van der Waals surface area contributed by atoms with Gasteiger partial charge < -0.3 is 5.32 Å². The van der Waals surface area contributed by atoms with Crippen LogP contribution >= 0.6 is 15.9 Å². The van der Waals surface area contributed by atoms with Crippen LogP contribution in [0, 0.1) is 18.6 Å². The molecule has 0 bridgehead atoms. The minimum atomic E-state index is -0.430. The highest BCUT2D eigenvalue weighted by Gasteiger charge is 2.18. The molecule has 0 aliphatic rings. The van der Waals surface area contributed by atoms with Crippen molar-refractivity contribution in [2.75, 3.05) is 6.54 Å². The van der Waals surface area contributed by atoms with Crippen molar-refractivity contribution in [3.63, 3.8) is 0 Å². The predicted molar refractivity (Wildman–Crippen MR) is 85.4 cm³/mol. The molecule has 1 N–H and O–H groups in total. The third kappa shape index (κ3) is 3.89. The molecule has 112 valence electrons. The minimum Gasteiger partial charge on any atom is -0.306 e. The number of rotatable bonds is 5. The number of hydrogen-bond acceptors (Lipinski definition) is 1. The lowest BCUT2D eigenvalue weighted by Crippen LogP contribution is -2.24. The van der Waals surface area contributed by atoms with Crippen molar-refractivity contribution in [1.82, 2.24) is 5.32 Å². The topological polar surface area (TPSA) is 12.0 Å². The molecule has 0 aliphatic carbocycles. The zero-order valence-electron chi connectivity index (χ0n) is 12.1. The minimum absolute atomic E-state index is 0.333. The molecule has 1 unspecified atom stereocenters. The Balaban J connectivity index is 2.46. The third-order valence-corrected chi connectivity index (χ3v) is 4.25. The Morgan fingerprint density at radius 1 is 1.14 bits per heavy atom. The summed E-state index contributed by atoms with van der Waals surface area (Å²) in [6.45, 7) is 4.76. The van der Waals surface area contributed by atoms with Gasteiger partial charge in [-0.2, -0.15) is 0 Å². The summed E-state index contributed by atoms with van der Waals surface area (Å²) >= 11 is 3.49. The van der Waals surface area contributed by atoms with Gasteiger partial charge in [-0.3, -0.25) is 0 Å². The number of aryl methyl sites for hydroxylation is 1. The van der Waals surface area contributed by atoms with Crippen LogP contribution in [0.3, 0.4) is 0 Å². The average Bonchev–Trinajstić information content (AvgIpc) is 2.46.